The van der Waals surface area contributed by atoms with Crippen LogP contribution in [-0.2, 0) is 14.9 Å². The van der Waals surface area contributed by atoms with Gasteiger partial charge in [0, 0.05) is 12.7 Å². The average molecular weight is 385 g/mol. The fraction of sp³-hybridized carbons (Fsp3) is 0.188. The summed E-state index contributed by atoms with van der Waals surface area (Å²) in [5.74, 6) is 0.110. The topological polar surface area (TPSA) is 84.9 Å². The van der Waals surface area contributed by atoms with Crippen LogP contribution in [-0.4, -0.2) is 40.1 Å². The first-order valence-electron chi connectivity index (χ1n) is 7.07. The quantitative estimate of drug-likeness (QED) is 0.774. The van der Waals surface area contributed by atoms with Gasteiger partial charge in [0.25, 0.3) is 15.9 Å². The van der Waals surface area contributed by atoms with E-state index in [0.29, 0.717) is 15.9 Å². The molecule has 0 spiro atoms. The van der Waals surface area contributed by atoms with E-state index in [1.165, 1.54) is 39.5 Å². The molecule has 0 heterocycles. The molecule has 25 heavy (non-hydrogen) atoms. The molecule has 2 aromatic carbocycles. The van der Waals surface area contributed by atoms with Crippen molar-refractivity contribution in [3.63, 3.8) is 0 Å². The highest BCUT2D eigenvalue weighted by molar-refractivity contribution is 7.89. The lowest BCUT2D eigenvalue weighted by molar-refractivity contribution is -0.0258. The van der Waals surface area contributed by atoms with Gasteiger partial charge < -0.3 is 10.1 Å². The van der Waals surface area contributed by atoms with Crippen LogP contribution in [0.3, 0.4) is 0 Å². The maximum absolute atomic E-state index is 12.4. The molecule has 0 bridgehead atoms. The lowest BCUT2D eigenvalue weighted by Gasteiger charge is -2.15. The third kappa shape index (κ3) is 4.29. The van der Waals surface area contributed by atoms with Crippen LogP contribution in [0.15, 0.2) is 47.4 Å². The molecular formula is C16H17ClN2O5S. The highest BCUT2D eigenvalue weighted by Gasteiger charge is 2.23. The van der Waals surface area contributed by atoms with Crippen LogP contribution in [0.2, 0.25) is 5.02 Å². The number of anilines is 1. The summed E-state index contributed by atoms with van der Waals surface area (Å²) < 4.78 is 30.3. The third-order valence-corrected chi connectivity index (χ3v) is 5.43. The molecule has 0 unspecified atom stereocenters. The van der Waals surface area contributed by atoms with Gasteiger partial charge in [-0.25, -0.2) is 8.42 Å². The zero-order valence-electron chi connectivity index (χ0n) is 13.8. The molecule has 0 atom stereocenters. The van der Waals surface area contributed by atoms with E-state index in [2.05, 4.69) is 5.32 Å². The van der Waals surface area contributed by atoms with Crippen molar-refractivity contribution in [2.24, 2.45) is 0 Å². The van der Waals surface area contributed by atoms with Crippen LogP contribution in [0.4, 0.5) is 5.69 Å². The maximum Gasteiger partial charge on any atom is 0.264 e. The lowest BCUT2D eigenvalue weighted by Crippen LogP contribution is -2.26. The Kier molecular flexibility index (Phi) is 6.02. The van der Waals surface area contributed by atoms with Gasteiger partial charge >= 0.3 is 0 Å². The number of sulfonamides is 1. The molecule has 0 aliphatic heterocycles. The Hall–Kier alpha value is -2.13. The van der Waals surface area contributed by atoms with Crippen molar-refractivity contribution in [1.29, 1.82) is 0 Å². The number of carbonyl (C=O) groups excluding carboxylic acids is 1. The maximum atomic E-state index is 12.4. The minimum absolute atomic E-state index is 0.0306. The third-order valence-electron chi connectivity index (χ3n) is 3.42. The summed E-state index contributed by atoms with van der Waals surface area (Å²) >= 11 is 6.05. The molecule has 0 saturated heterocycles. The largest absolute Gasteiger partial charge is 0.497 e. The molecule has 2 aromatic rings. The predicted octanol–water partition coefficient (Wildman–Crippen LogP) is 2.78. The van der Waals surface area contributed by atoms with Crippen molar-refractivity contribution in [2.45, 2.75) is 4.90 Å². The minimum atomic E-state index is -3.89. The molecule has 0 aliphatic rings. The molecule has 0 aliphatic carbocycles. The molecule has 0 saturated carbocycles. The highest BCUT2D eigenvalue weighted by Crippen LogP contribution is 2.24. The van der Waals surface area contributed by atoms with Gasteiger partial charge in [0.05, 0.1) is 29.7 Å². The number of rotatable bonds is 6. The van der Waals surface area contributed by atoms with Gasteiger partial charge in [-0.2, -0.15) is 0 Å². The Balaban J connectivity index is 2.31. The van der Waals surface area contributed by atoms with Gasteiger partial charge in [0.15, 0.2) is 0 Å². The van der Waals surface area contributed by atoms with E-state index in [1.54, 1.807) is 24.3 Å². The Morgan fingerprint density at radius 3 is 2.32 bits per heavy atom. The molecule has 0 aromatic heterocycles. The number of halogens is 1. The summed E-state index contributed by atoms with van der Waals surface area (Å²) in [6, 6.07) is 10.5. The molecule has 1 amide bonds. The van der Waals surface area contributed by atoms with Crippen LogP contribution in [0.25, 0.3) is 0 Å². The standard InChI is InChI=1S/C16H17ClN2O5S/c1-19(24-3)25(21,22)13-8-9-15(17)14(10-13)16(20)18-11-4-6-12(23-2)7-5-11/h4-10H,1-3H3,(H,18,20). The van der Waals surface area contributed by atoms with Crippen molar-refractivity contribution < 1.29 is 22.8 Å². The monoisotopic (exact) mass is 384 g/mol. The number of methoxy groups -OCH3 is 1. The number of hydrogen-bond acceptors (Lipinski definition) is 5. The van der Waals surface area contributed by atoms with Gasteiger partial charge in [-0.3, -0.25) is 9.63 Å². The number of ether oxygens (including phenoxy) is 1. The Morgan fingerprint density at radius 2 is 1.76 bits per heavy atom. The summed E-state index contributed by atoms with van der Waals surface area (Å²) in [6.07, 6.45) is 0. The highest BCUT2D eigenvalue weighted by atomic mass is 35.5. The van der Waals surface area contributed by atoms with E-state index in [0.717, 1.165) is 0 Å². The lowest BCUT2D eigenvalue weighted by atomic mass is 10.2. The van der Waals surface area contributed by atoms with Crippen LogP contribution >= 0.6 is 11.6 Å². The number of carbonyl (C=O) groups is 1. The number of benzene rings is 2. The van der Waals surface area contributed by atoms with Gasteiger partial charge in [0.2, 0.25) is 0 Å². The van der Waals surface area contributed by atoms with Crippen LogP contribution < -0.4 is 10.1 Å². The SMILES string of the molecule is COc1ccc(NC(=O)c2cc(S(=O)(=O)N(C)OC)ccc2Cl)cc1. The minimum Gasteiger partial charge on any atom is -0.497 e. The van der Waals surface area contributed by atoms with E-state index in [9.17, 15) is 13.2 Å². The first-order valence-corrected chi connectivity index (χ1v) is 8.89. The molecule has 0 radical (unpaired) electrons. The molecule has 7 nitrogen and oxygen atoms in total. The fourth-order valence-electron chi connectivity index (χ4n) is 1.96. The fourth-order valence-corrected chi connectivity index (χ4v) is 3.16. The zero-order chi connectivity index (χ0) is 18.6. The summed E-state index contributed by atoms with van der Waals surface area (Å²) in [5, 5.41) is 2.78. The second-order valence-electron chi connectivity index (χ2n) is 4.92. The van der Waals surface area contributed by atoms with Crippen molar-refractivity contribution in [3.05, 3.63) is 53.1 Å². The van der Waals surface area contributed by atoms with E-state index >= 15 is 0 Å². The summed E-state index contributed by atoms with van der Waals surface area (Å²) in [6.45, 7) is 0. The summed E-state index contributed by atoms with van der Waals surface area (Å²) in [7, 11) is 0.128. The van der Waals surface area contributed by atoms with Crippen molar-refractivity contribution in [3.8, 4) is 5.75 Å². The second-order valence-corrected chi connectivity index (χ2v) is 7.26. The predicted molar refractivity (Wildman–Crippen MR) is 94.4 cm³/mol. The molecule has 1 N–H and O–H groups in total. The van der Waals surface area contributed by atoms with Gasteiger partial charge in [-0.1, -0.05) is 16.1 Å². The van der Waals surface area contributed by atoms with Crippen LogP contribution in [0.5, 0.6) is 5.75 Å². The van der Waals surface area contributed by atoms with Gasteiger partial charge in [-0.05, 0) is 42.5 Å². The first-order chi connectivity index (χ1) is 11.8. The van der Waals surface area contributed by atoms with Gasteiger partial charge in [-0.15, -0.1) is 0 Å². The number of nitrogens with zero attached hydrogens (tertiary/aromatic N) is 1. The molecule has 2 rings (SSSR count). The van der Waals surface area contributed by atoms with Crippen LogP contribution in [0, 0.1) is 0 Å². The zero-order valence-corrected chi connectivity index (χ0v) is 15.4. The van der Waals surface area contributed by atoms with E-state index in [1.807, 2.05) is 0 Å². The van der Waals surface area contributed by atoms with E-state index in [-0.39, 0.29) is 15.5 Å². The Bertz CT molecular complexity index is 869. The normalized spacial score (nSPS) is 11.4. The molecular weight excluding hydrogens is 368 g/mol. The van der Waals surface area contributed by atoms with Crippen molar-refractivity contribution >= 4 is 33.2 Å². The van der Waals surface area contributed by atoms with Crippen molar-refractivity contribution in [1.82, 2.24) is 4.47 Å². The number of hydroxylamine groups is 1. The average Bonchev–Trinajstić information content (AvgIpc) is 2.61. The molecule has 9 heteroatoms. The second kappa shape index (κ2) is 7.83. The summed E-state index contributed by atoms with van der Waals surface area (Å²) in [4.78, 5) is 17.0. The Morgan fingerprint density at radius 1 is 1.12 bits per heavy atom. The van der Waals surface area contributed by atoms with E-state index < -0.39 is 15.9 Å². The van der Waals surface area contributed by atoms with Crippen LogP contribution in [0.1, 0.15) is 10.4 Å². The van der Waals surface area contributed by atoms with Gasteiger partial charge in [0.1, 0.15) is 5.75 Å². The number of hydrogen-bond donors (Lipinski definition) is 1. The number of nitrogens with one attached hydrogen (secondary N) is 1. The van der Waals surface area contributed by atoms with Crippen molar-refractivity contribution in [2.75, 3.05) is 26.6 Å². The smallest absolute Gasteiger partial charge is 0.264 e. The number of amides is 1. The molecule has 0 fully saturated rings. The van der Waals surface area contributed by atoms with E-state index in [4.69, 9.17) is 21.2 Å². The summed E-state index contributed by atoms with van der Waals surface area (Å²) in [5.41, 5.74) is 0.548. The first kappa shape index (κ1) is 19.2. The Labute approximate surface area is 151 Å². The molecule has 134 valence electrons.